The normalized spacial score (nSPS) is 12.3. The van der Waals surface area contributed by atoms with Gasteiger partial charge in [-0.1, -0.05) is 173 Å². The van der Waals surface area contributed by atoms with Gasteiger partial charge in [0.1, 0.15) is 13.2 Å². The van der Waals surface area contributed by atoms with Gasteiger partial charge in [0.2, 0.25) is 0 Å². The van der Waals surface area contributed by atoms with Gasteiger partial charge in [-0.25, -0.2) is 0 Å². The lowest BCUT2D eigenvalue weighted by atomic mass is 10.1. The van der Waals surface area contributed by atoms with Crippen LogP contribution in [0.3, 0.4) is 0 Å². The molecule has 1 atom stereocenters. The van der Waals surface area contributed by atoms with E-state index in [1.807, 2.05) is 0 Å². The van der Waals surface area contributed by atoms with E-state index < -0.39 is 6.10 Å². The lowest BCUT2D eigenvalue weighted by molar-refractivity contribution is -0.167. The van der Waals surface area contributed by atoms with Crippen molar-refractivity contribution in [2.24, 2.45) is 0 Å². The number of ether oxygens (including phenoxy) is 3. The minimum absolute atomic E-state index is 0.0788. The van der Waals surface area contributed by atoms with Gasteiger partial charge in [0.15, 0.2) is 6.10 Å². The van der Waals surface area contributed by atoms with Crippen LogP contribution in [0, 0.1) is 0 Å². The van der Waals surface area contributed by atoms with Crippen LogP contribution in [0.25, 0.3) is 0 Å². The zero-order chi connectivity index (χ0) is 39.4. The molecular formula is C48H86O6. The van der Waals surface area contributed by atoms with Crippen molar-refractivity contribution in [2.75, 3.05) is 13.2 Å². The van der Waals surface area contributed by atoms with Gasteiger partial charge < -0.3 is 14.2 Å². The molecule has 0 amide bonds. The highest BCUT2D eigenvalue weighted by molar-refractivity contribution is 5.71. The Morgan fingerprint density at radius 1 is 0.370 bits per heavy atom. The van der Waals surface area contributed by atoms with Gasteiger partial charge >= 0.3 is 17.9 Å². The Hall–Kier alpha value is -2.37. The number of carbonyl (C=O) groups excluding carboxylic acids is 3. The van der Waals surface area contributed by atoms with Crippen molar-refractivity contribution in [1.29, 1.82) is 0 Å². The average Bonchev–Trinajstić information content (AvgIpc) is 3.17. The van der Waals surface area contributed by atoms with Gasteiger partial charge in [0, 0.05) is 19.3 Å². The van der Waals surface area contributed by atoms with Crippen LogP contribution in [-0.2, 0) is 28.6 Å². The Labute approximate surface area is 334 Å². The number of esters is 3. The highest BCUT2D eigenvalue weighted by Gasteiger charge is 2.19. The molecule has 1 unspecified atom stereocenters. The SMILES string of the molecule is CCCCC/C=C\CCCCCCCC(=O)OC(COC(=O)CCCCCCC/C=C\C/C=C\CCCCCC)COC(=O)CCCCCCCCCC. The third kappa shape index (κ3) is 40.8. The molecule has 0 aliphatic carbocycles. The van der Waals surface area contributed by atoms with Crippen molar-refractivity contribution in [1.82, 2.24) is 0 Å². The summed E-state index contributed by atoms with van der Waals surface area (Å²) in [6.45, 7) is 6.54. The second-order valence-corrected chi connectivity index (χ2v) is 15.3. The molecule has 0 radical (unpaired) electrons. The molecule has 0 aliphatic rings. The maximum atomic E-state index is 12.7. The summed E-state index contributed by atoms with van der Waals surface area (Å²) in [6.07, 6.45) is 48.4. The molecule has 6 heteroatoms. The lowest BCUT2D eigenvalue weighted by Crippen LogP contribution is -2.30. The summed E-state index contributed by atoms with van der Waals surface area (Å²) in [5.74, 6) is -0.905. The van der Waals surface area contributed by atoms with Gasteiger partial charge in [0.25, 0.3) is 0 Å². The molecule has 0 N–H and O–H groups in total. The summed E-state index contributed by atoms with van der Waals surface area (Å²) in [5, 5.41) is 0. The maximum absolute atomic E-state index is 12.7. The summed E-state index contributed by atoms with van der Waals surface area (Å²) in [5.41, 5.74) is 0. The van der Waals surface area contributed by atoms with Crippen LogP contribution >= 0.6 is 0 Å². The smallest absolute Gasteiger partial charge is 0.306 e. The lowest BCUT2D eigenvalue weighted by Gasteiger charge is -2.18. The van der Waals surface area contributed by atoms with Crippen molar-refractivity contribution in [3.8, 4) is 0 Å². The summed E-state index contributed by atoms with van der Waals surface area (Å²) < 4.78 is 16.7. The fourth-order valence-electron chi connectivity index (χ4n) is 6.35. The van der Waals surface area contributed by atoms with E-state index in [-0.39, 0.29) is 31.1 Å². The summed E-state index contributed by atoms with van der Waals surface area (Å²) in [6, 6.07) is 0. The predicted molar refractivity (Wildman–Crippen MR) is 229 cm³/mol. The van der Waals surface area contributed by atoms with Crippen molar-refractivity contribution in [3.05, 3.63) is 36.5 Å². The Morgan fingerprint density at radius 2 is 0.667 bits per heavy atom. The number of carbonyl (C=O) groups is 3. The van der Waals surface area contributed by atoms with Crippen molar-refractivity contribution < 1.29 is 28.6 Å². The molecule has 0 aromatic carbocycles. The maximum Gasteiger partial charge on any atom is 0.306 e. The minimum Gasteiger partial charge on any atom is -0.462 e. The standard InChI is InChI=1S/C48H86O6/c1-4-7-10-13-16-19-21-23-24-25-26-28-29-32-35-38-41-47(50)53-44-45(43-52-46(49)40-37-34-31-18-15-12-9-6-3)54-48(51)42-39-36-33-30-27-22-20-17-14-11-8-5-2/h17,19-21,24-25,45H,4-16,18,22-23,26-44H2,1-3H3/b20-17-,21-19-,25-24-. The number of hydrogen-bond acceptors (Lipinski definition) is 6. The predicted octanol–water partition coefficient (Wildman–Crippen LogP) is 14.6. The van der Waals surface area contributed by atoms with E-state index >= 15 is 0 Å². The highest BCUT2D eigenvalue weighted by Crippen LogP contribution is 2.13. The Balaban J connectivity index is 4.35. The van der Waals surface area contributed by atoms with E-state index in [0.29, 0.717) is 19.3 Å². The van der Waals surface area contributed by atoms with Crippen LogP contribution in [0.15, 0.2) is 36.5 Å². The molecular weight excluding hydrogens is 673 g/mol. The van der Waals surface area contributed by atoms with Crippen LogP contribution in [0.2, 0.25) is 0 Å². The first kappa shape index (κ1) is 51.6. The van der Waals surface area contributed by atoms with Gasteiger partial charge in [-0.3, -0.25) is 14.4 Å². The molecule has 54 heavy (non-hydrogen) atoms. The second kappa shape index (κ2) is 43.4. The quantitative estimate of drug-likeness (QED) is 0.0267. The summed E-state index contributed by atoms with van der Waals surface area (Å²) in [7, 11) is 0. The van der Waals surface area contributed by atoms with Gasteiger partial charge in [-0.2, -0.15) is 0 Å². The van der Waals surface area contributed by atoms with Crippen LogP contribution < -0.4 is 0 Å². The van der Waals surface area contributed by atoms with Crippen LogP contribution in [0.1, 0.15) is 233 Å². The van der Waals surface area contributed by atoms with E-state index in [1.165, 1.54) is 103 Å². The third-order valence-electron chi connectivity index (χ3n) is 9.87. The topological polar surface area (TPSA) is 78.9 Å². The highest BCUT2D eigenvalue weighted by atomic mass is 16.6. The molecule has 0 rings (SSSR count). The van der Waals surface area contributed by atoms with Crippen molar-refractivity contribution >= 4 is 17.9 Å². The minimum atomic E-state index is -0.776. The van der Waals surface area contributed by atoms with E-state index in [0.717, 1.165) is 89.9 Å². The number of hydrogen-bond donors (Lipinski definition) is 0. The first-order valence-electron chi connectivity index (χ1n) is 23.0. The number of rotatable bonds is 41. The fourth-order valence-corrected chi connectivity index (χ4v) is 6.35. The van der Waals surface area contributed by atoms with E-state index in [4.69, 9.17) is 14.2 Å². The van der Waals surface area contributed by atoms with Gasteiger partial charge in [0.05, 0.1) is 0 Å². The second-order valence-electron chi connectivity index (χ2n) is 15.3. The molecule has 0 saturated heterocycles. The monoisotopic (exact) mass is 759 g/mol. The van der Waals surface area contributed by atoms with Gasteiger partial charge in [-0.05, 0) is 77.0 Å². The van der Waals surface area contributed by atoms with Crippen LogP contribution in [0.5, 0.6) is 0 Å². The molecule has 0 saturated carbocycles. The molecule has 0 aromatic heterocycles. The molecule has 0 spiro atoms. The zero-order valence-corrected chi connectivity index (χ0v) is 35.7. The van der Waals surface area contributed by atoms with Crippen molar-refractivity contribution in [3.63, 3.8) is 0 Å². The van der Waals surface area contributed by atoms with Crippen molar-refractivity contribution in [2.45, 2.75) is 239 Å². The molecule has 0 heterocycles. The van der Waals surface area contributed by atoms with Crippen LogP contribution in [0.4, 0.5) is 0 Å². The van der Waals surface area contributed by atoms with E-state index in [1.54, 1.807) is 0 Å². The largest absolute Gasteiger partial charge is 0.462 e. The Bertz CT molecular complexity index is 922. The molecule has 6 nitrogen and oxygen atoms in total. The molecule has 0 aliphatic heterocycles. The van der Waals surface area contributed by atoms with E-state index in [9.17, 15) is 14.4 Å². The first-order chi connectivity index (χ1) is 26.5. The first-order valence-corrected chi connectivity index (χ1v) is 23.0. The fraction of sp³-hybridized carbons (Fsp3) is 0.812. The zero-order valence-electron chi connectivity index (χ0n) is 35.7. The number of unbranched alkanes of at least 4 members (excludes halogenated alkanes) is 24. The molecule has 0 aromatic rings. The molecule has 314 valence electrons. The van der Waals surface area contributed by atoms with E-state index in [2.05, 4.69) is 57.2 Å². The molecule has 0 fully saturated rings. The molecule has 0 bridgehead atoms. The van der Waals surface area contributed by atoms with Gasteiger partial charge in [-0.15, -0.1) is 0 Å². The summed E-state index contributed by atoms with van der Waals surface area (Å²) >= 11 is 0. The van der Waals surface area contributed by atoms with Crippen LogP contribution in [-0.4, -0.2) is 37.2 Å². The Morgan fingerprint density at radius 3 is 1.09 bits per heavy atom. The summed E-state index contributed by atoms with van der Waals surface area (Å²) in [4.78, 5) is 37.6. The average molecular weight is 759 g/mol. The Kier molecular flexibility index (Phi) is 41.5. The third-order valence-corrected chi connectivity index (χ3v) is 9.87. The number of allylic oxidation sites excluding steroid dienone is 6.